The van der Waals surface area contributed by atoms with Gasteiger partial charge in [-0.1, -0.05) is 0 Å². The molecule has 0 saturated carbocycles. The van der Waals surface area contributed by atoms with Crippen LogP contribution in [-0.2, 0) is 0 Å². The van der Waals surface area contributed by atoms with Crippen LogP contribution in [0.25, 0.3) is 5.69 Å². The summed E-state index contributed by atoms with van der Waals surface area (Å²) in [5.74, 6) is -0.444. The van der Waals surface area contributed by atoms with Crippen LogP contribution >= 0.6 is 15.9 Å². The summed E-state index contributed by atoms with van der Waals surface area (Å²) in [6, 6.07) is 11.0. The zero-order chi connectivity index (χ0) is 17.1. The van der Waals surface area contributed by atoms with Gasteiger partial charge in [0.15, 0.2) is 0 Å². The molecular weight excluding hydrogens is 380 g/mol. The average molecular weight is 389 g/mol. The Bertz CT molecular complexity index is 895. The van der Waals surface area contributed by atoms with E-state index in [1.165, 1.54) is 29.2 Å². The van der Waals surface area contributed by atoms with E-state index in [9.17, 15) is 14.9 Å². The third kappa shape index (κ3) is 3.27. The maximum Gasteiger partial charge on any atom is 0.284 e. The van der Waals surface area contributed by atoms with Crippen molar-refractivity contribution in [1.82, 2.24) is 20.2 Å². The number of halogens is 1. The molecule has 0 unspecified atom stereocenters. The number of nitrogens with one attached hydrogen (secondary N) is 1. The highest BCUT2D eigenvalue weighted by atomic mass is 79.9. The fourth-order valence-corrected chi connectivity index (χ4v) is 2.37. The van der Waals surface area contributed by atoms with Gasteiger partial charge in [-0.05, 0) is 62.8 Å². The van der Waals surface area contributed by atoms with Gasteiger partial charge in [0.25, 0.3) is 11.6 Å². The van der Waals surface area contributed by atoms with Crippen molar-refractivity contribution in [2.24, 2.45) is 0 Å². The van der Waals surface area contributed by atoms with Gasteiger partial charge in [0, 0.05) is 17.3 Å². The van der Waals surface area contributed by atoms with Gasteiger partial charge >= 0.3 is 0 Å². The molecule has 1 heterocycles. The SMILES string of the molecule is O=C(Nc1ccc(-n2cnnn2)cc1)c1ccc(Br)c([N+](=O)[O-])c1. The summed E-state index contributed by atoms with van der Waals surface area (Å²) in [5.41, 5.74) is 1.30. The Kier molecular flexibility index (Phi) is 4.29. The quantitative estimate of drug-likeness (QED) is 0.542. The van der Waals surface area contributed by atoms with Gasteiger partial charge < -0.3 is 5.32 Å². The van der Waals surface area contributed by atoms with Crippen molar-refractivity contribution in [3.8, 4) is 5.69 Å². The summed E-state index contributed by atoms with van der Waals surface area (Å²) >= 11 is 3.08. The van der Waals surface area contributed by atoms with Crippen LogP contribution in [0.15, 0.2) is 53.3 Å². The van der Waals surface area contributed by atoms with Crippen LogP contribution in [0.3, 0.4) is 0 Å². The van der Waals surface area contributed by atoms with Gasteiger partial charge in [0.1, 0.15) is 6.33 Å². The molecule has 0 aliphatic rings. The van der Waals surface area contributed by atoms with Crippen LogP contribution in [0.5, 0.6) is 0 Å². The van der Waals surface area contributed by atoms with Crippen molar-refractivity contribution in [3.63, 3.8) is 0 Å². The highest BCUT2D eigenvalue weighted by Crippen LogP contribution is 2.26. The van der Waals surface area contributed by atoms with Gasteiger partial charge in [0.05, 0.1) is 15.1 Å². The lowest BCUT2D eigenvalue weighted by molar-refractivity contribution is -0.385. The number of benzene rings is 2. The molecule has 0 radical (unpaired) electrons. The zero-order valence-corrected chi connectivity index (χ0v) is 13.5. The third-order valence-corrected chi connectivity index (χ3v) is 3.81. The Morgan fingerprint density at radius 2 is 1.96 bits per heavy atom. The lowest BCUT2D eigenvalue weighted by atomic mass is 10.2. The summed E-state index contributed by atoms with van der Waals surface area (Å²) in [7, 11) is 0. The smallest absolute Gasteiger partial charge is 0.284 e. The number of amides is 1. The molecule has 9 nitrogen and oxygen atoms in total. The van der Waals surface area contributed by atoms with Crippen molar-refractivity contribution in [3.05, 3.63) is 68.9 Å². The largest absolute Gasteiger partial charge is 0.322 e. The molecule has 0 atom stereocenters. The number of tetrazole rings is 1. The highest BCUT2D eigenvalue weighted by Gasteiger charge is 2.16. The third-order valence-electron chi connectivity index (χ3n) is 3.14. The second-order valence-corrected chi connectivity index (χ2v) is 5.53. The second-order valence-electron chi connectivity index (χ2n) is 4.68. The Morgan fingerprint density at radius 3 is 2.58 bits per heavy atom. The van der Waals surface area contributed by atoms with Crippen LogP contribution in [0.2, 0.25) is 0 Å². The van der Waals surface area contributed by atoms with E-state index in [4.69, 9.17) is 0 Å². The summed E-state index contributed by atoms with van der Waals surface area (Å²) in [6.45, 7) is 0. The first-order chi connectivity index (χ1) is 11.5. The molecule has 0 spiro atoms. The lowest BCUT2D eigenvalue weighted by Gasteiger charge is -2.07. The number of nitrogens with zero attached hydrogens (tertiary/aromatic N) is 5. The molecule has 0 aliphatic carbocycles. The first-order valence-corrected chi connectivity index (χ1v) is 7.42. The molecule has 120 valence electrons. The topological polar surface area (TPSA) is 116 Å². The van der Waals surface area contributed by atoms with E-state index in [-0.39, 0.29) is 11.3 Å². The number of hydrogen-bond acceptors (Lipinski definition) is 6. The number of nitro benzene ring substituents is 1. The van der Waals surface area contributed by atoms with Crippen LogP contribution in [-0.4, -0.2) is 31.0 Å². The minimum Gasteiger partial charge on any atom is -0.322 e. The van der Waals surface area contributed by atoms with Gasteiger partial charge in [-0.15, -0.1) is 5.10 Å². The number of anilines is 1. The fraction of sp³-hybridized carbons (Fsp3) is 0. The molecule has 1 N–H and O–H groups in total. The van der Waals surface area contributed by atoms with Crippen molar-refractivity contribution in [2.45, 2.75) is 0 Å². The highest BCUT2D eigenvalue weighted by molar-refractivity contribution is 9.10. The lowest BCUT2D eigenvalue weighted by Crippen LogP contribution is -2.12. The van der Waals surface area contributed by atoms with E-state index in [0.717, 1.165) is 5.69 Å². The number of aromatic nitrogens is 4. The second kappa shape index (κ2) is 6.54. The van der Waals surface area contributed by atoms with E-state index in [0.29, 0.717) is 10.2 Å². The summed E-state index contributed by atoms with van der Waals surface area (Å²) in [4.78, 5) is 22.6. The Hall–Kier alpha value is -3.14. The molecule has 3 rings (SSSR count). The van der Waals surface area contributed by atoms with Gasteiger partial charge in [-0.2, -0.15) is 0 Å². The monoisotopic (exact) mass is 388 g/mol. The number of nitro groups is 1. The molecular formula is C14H9BrN6O3. The predicted octanol–water partition coefficient (Wildman–Crippen LogP) is 2.59. The van der Waals surface area contributed by atoms with Crippen LogP contribution in [0.1, 0.15) is 10.4 Å². The first-order valence-electron chi connectivity index (χ1n) is 6.63. The van der Waals surface area contributed by atoms with Gasteiger partial charge in [0.2, 0.25) is 0 Å². The summed E-state index contributed by atoms with van der Waals surface area (Å²) < 4.78 is 1.79. The Morgan fingerprint density at radius 1 is 1.21 bits per heavy atom. The molecule has 0 bridgehead atoms. The van der Waals surface area contributed by atoms with Crippen molar-refractivity contribution in [2.75, 3.05) is 5.32 Å². The predicted molar refractivity (Wildman–Crippen MR) is 87.9 cm³/mol. The molecule has 0 fully saturated rings. The standard InChI is InChI=1S/C14H9BrN6O3/c15-12-6-1-9(7-13(12)21(23)24)14(22)17-10-2-4-11(5-3-10)20-8-16-18-19-20/h1-8H,(H,17,22). The number of rotatable bonds is 4. The van der Waals surface area contributed by atoms with Gasteiger partial charge in [-0.25, -0.2) is 4.68 Å². The normalized spacial score (nSPS) is 10.4. The molecule has 0 aliphatic heterocycles. The van der Waals surface area contributed by atoms with E-state index in [1.807, 2.05) is 0 Å². The number of hydrogen-bond donors (Lipinski definition) is 1. The minimum atomic E-state index is -0.554. The molecule has 0 saturated heterocycles. The molecule has 1 amide bonds. The number of carbonyl (C=O) groups is 1. The average Bonchev–Trinajstić information content (AvgIpc) is 3.10. The van der Waals surface area contributed by atoms with E-state index < -0.39 is 10.8 Å². The van der Waals surface area contributed by atoms with Crippen molar-refractivity contribution >= 4 is 33.2 Å². The molecule has 3 aromatic rings. The minimum absolute atomic E-state index is 0.170. The molecule has 2 aromatic carbocycles. The summed E-state index contributed by atoms with van der Waals surface area (Å²) in [6.07, 6.45) is 1.45. The van der Waals surface area contributed by atoms with Crippen molar-refractivity contribution in [1.29, 1.82) is 0 Å². The summed E-state index contributed by atoms with van der Waals surface area (Å²) in [5, 5.41) is 24.5. The van der Waals surface area contributed by atoms with Crippen LogP contribution in [0.4, 0.5) is 11.4 Å². The molecule has 1 aromatic heterocycles. The Labute approximate surface area is 143 Å². The van der Waals surface area contributed by atoms with Crippen LogP contribution < -0.4 is 5.32 Å². The van der Waals surface area contributed by atoms with Gasteiger partial charge in [-0.3, -0.25) is 14.9 Å². The van der Waals surface area contributed by atoms with Crippen LogP contribution in [0, 0.1) is 10.1 Å². The fourth-order valence-electron chi connectivity index (χ4n) is 1.97. The molecule has 10 heteroatoms. The Balaban J connectivity index is 1.77. The maximum absolute atomic E-state index is 12.2. The van der Waals surface area contributed by atoms with E-state index >= 15 is 0 Å². The van der Waals surface area contributed by atoms with Crippen molar-refractivity contribution < 1.29 is 9.72 Å². The van der Waals surface area contributed by atoms with E-state index in [2.05, 4.69) is 36.8 Å². The van der Waals surface area contributed by atoms with E-state index in [1.54, 1.807) is 24.3 Å². The maximum atomic E-state index is 12.2. The number of carbonyl (C=O) groups excluding carboxylic acids is 1. The molecule has 24 heavy (non-hydrogen) atoms. The zero-order valence-electron chi connectivity index (χ0n) is 12.0. The first kappa shape index (κ1) is 15.7.